The molecule has 0 spiro atoms. The minimum atomic E-state index is 0.324. The maximum absolute atomic E-state index is 9.49. The Kier molecular flexibility index (Phi) is 5.36. The Morgan fingerprint density at radius 2 is 1.50 bits per heavy atom. The van der Waals surface area contributed by atoms with E-state index in [2.05, 4.69) is 66.1 Å². The maximum Gasteiger partial charge on any atom is 0.115 e. The van der Waals surface area contributed by atoms with Crippen LogP contribution in [0.25, 0.3) is 11.1 Å². The lowest BCUT2D eigenvalue weighted by Crippen LogP contribution is -2.46. The first-order valence-electron chi connectivity index (χ1n) is 10.0. The molecular weight excluding hydrogens is 344 g/mol. The minimum Gasteiger partial charge on any atom is -0.508 e. The Labute approximate surface area is 167 Å². The molecule has 1 N–H and O–H groups in total. The summed E-state index contributed by atoms with van der Waals surface area (Å²) in [5.41, 5.74) is 7.92. The number of phenolic OH excluding ortho intramolecular Hbond substituents is 1. The molecule has 0 aromatic heterocycles. The molecule has 1 saturated heterocycles. The SMILES string of the molecule is Cc1ccc(-c2ccccc2CN2CCN(c3ccc(O)cc3)CC2)c(C)c1. The van der Waals surface area contributed by atoms with Crippen LogP contribution in [0.5, 0.6) is 5.75 Å². The fourth-order valence-electron chi connectivity index (χ4n) is 4.11. The normalized spacial score (nSPS) is 15.0. The number of rotatable bonds is 4. The highest BCUT2D eigenvalue weighted by atomic mass is 16.3. The number of aryl methyl sites for hydroxylation is 2. The third kappa shape index (κ3) is 4.05. The van der Waals surface area contributed by atoms with Gasteiger partial charge in [-0.3, -0.25) is 4.90 Å². The molecule has 3 nitrogen and oxygen atoms in total. The molecule has 0 radical (unpaired) electrons. The molecule has 1 fully saturated rings. The van der Waals surface area contributed by atoms with Crippen LogP contribution < -0.4 is 4.90 Å². The van der Waals surface area contributed by atoms with Crippen molar-refractivity contribution in [1.82, 2.24) is 4.90 Å². The van der Waals surface area contributed by atoms with E-state index >= 15 is 0 Å². The van der Waals surface area contributed by atoms with E-state index in [1.807, 2.05) is 12.1 Å². The van der Waals surface area contributed by atoms with Crippen LogP contribution in [0.15, 0.2) is 66.7 Å². The van der Waals surface area contributed by atoms with Gasteiger partial charge in [-0.2, -0.15) is 0 Å². The first-order valence-corrected chi connectivity index (χ1v) is 10.0. The minimum absolute atomic E-state index is 0.324. The van der Waals surface area contributed by atoms with Crippen molar-refractivity contribution < 1.29 is 5.11 Å². The smallest absolute Gasteiger partial charge is 0.115 e. The monoisotopic (exact) mass is 372 g/mol. The fourth-order valence-corrected chi connectivity index (χ4v) is 4.11. The Morgan fingerprint density at radius 1 is 0.786 bits per heavy atom. The number of aromatic hydroxyl groups is 1. The number of phenols is 1. The Morgan fingerprint density at radius 3 is 2.21 bits per heavy atom. The second-order valence-corrected chi connectivity index (χ2v) is 7.76. The van der Waals surface area contributed by atoms with Gasteiger partial charge in [0.25, 0.3) is 0 Å². The lowest BCUT2D eigenvalue weighted by Gasteiger charge is -2.36. The van der Waals surface area contributed by atoms with Crippen LogP contribution in [0, 0.1) is 13.8 Å². The number of hydrogen-bond acceptors (Lipinski definition) is 3. The zero-order valence-electron chi connectivity index (χ0n) is 16.7. The maximum atomic E-state index is 9.49. The van der Waals surface area contributed by atoms with Crippen molar-refractivity contribution in [2.45, 2.75) is 20.4 Å². The molecule has 144 valence electrons. The molecular formula is C25H28N2O. The van der Waals surface area contributed by atoms with Crippen LogP contribution in [0.1, 0.15) is 16.7 Å². The first-order chi connectivity index (χ1) is 13.6. The van der Waals surface area contributed by atoms with E-state index in [0.29, 0.717) is 5.75 Å². The highest BCUT2D eigenvalue weighted by Crippen LogP contribution is 2.29. The summed E-state index contributed by atoms with van der Waals surface area (Å²) in [6, 6.07) is 23.1. The average molecular weight is 373 g/mol. The van der Waals surface area contributed by atoms with Gasteiger partial charge < -0.3 is 10.0 Å². The van der Waals surface area contributed by atoms with E-state index in [-0.39, 0.29) is 0 Å². The molecule has 4 rings (SSSR count). The summed E-state index contributed by atoms with van der Waals surface area (Å²) in [6.45, 7) is 9.44. The summed E-state index contributed by atoms with van der Waals surface area (Å²) in [4.78, 5) is 4.94. The van der Waals surface area contributed by atoms with Gasteiger partial charge in [-0.1, -0.05) is 48.0 Å². The predicted molar refractivity (Wildman–Crippen MR) is 117 cm³/mol. The summed E-state index contributed by atoms with van der Waals surface area (Å²) < 4.78 is 0. The molecule has 0 unspecified atom stereocenters. The fraction of sp³-hybridized carbons (Fsp3) is 0.280. The van der Waals surface area contributed by atoms with Crippen LogP contribution in [0.4, 0.5) is 5.69 Å². The lowest BCUT2D eigenvalue weighted by atomic mass is 9.94. The Hall–Kier alpha value is -2.78. The van der Waals surface area contributed by atoms with Gasteiger partial charge >= 0.3 is 0 Å². The van der Waals surface area contributed by atoms with Crippen LogP contribution >= 0.6 is 0 Å². The Bertz CT molecular complexity index is 941. The third-order valence-corrected chi connectivity index (χ3v) is 5.67. The second-order valence-electron chi connectivity index (χ2n) is 7.76. The summed E-state index contributed by atoms with van der Waals surface area (Å²) in [5.74, 6) is 0.324. The molecule has 3 aromatic carbocycles. The molecule has 1 aliphatic heterocycles. The molecule has 0 amide bonds. The van der Waals surface area contributed by atoms with Crippen molar-refractivity contribution in [3.05, 3.63) is 83.4 Å². The molecule has 0 bridgehead atoms. The van der Waals surface area contributed by atoms with Gasteiger partial charge in [-0.25, -0.2) is 0 Å². The van der Waals surface area contributed by atoms with E-state index in [9.17, 15) is 5.11 Å². The number of piperazine rings is 1. The molecule has 0 aliphatic carbocycles. The molecule has 0 atom stereocenters. The number of nitrogens with zero attached hydrogens (tertiary/aromatic N) is 2. The molecule has 0 saturated carbocycles. The van der Waals surface area contributed by atoms with Gasteiger partial charge in [0, 0.05) is 38.4 Å². The van der Waals surface area contributed by atoms with Crippen molar-refractivity contribution in [2.24, 2.45) is 0 Å². The molecule has 28 heavy (non-hydrogen) atoms. The summed E-state index contributed by atoms with van der Waals surface area (Å²) >= 11 is 0. The van der Waals surface area contributed by atoms with Crippen molar-refractivity contribution in [3.8, 4) is 16.9 Å². The van der Waals surface area contributed by atoms with Crippen molar-refractivity contribution in [1.29, 1.82) is 0 Å². The van der Waals surface area contributed by atoms with Crippen molar-refractivity contribution in [2.75, 3.05) is 31.1 Å². The van der Waals surface area contributed by atoms with E-state index in [1.54, 1.807) is 12.1 Å². The zero-order chi connectivity index (χ0) is 19.5. The molecule has 1 heterocycles. The standard InChI is InChI=1S/C25H28N2O/c1-19-7-12-24(20(2)17-19)25-6-4-3-5-21(25)18-26-13-15-27(16-14-26)22-8-10-23(28)11-9-22/h3-12,17,28H,13-16,18H2,1-2H3. The third-order valence-electron chi connectivity index (χ3n) is 5.67. The number of anilines is 1. The number of hydrogen-bond donors (Lipinski definition) is 1. The Balaban J connectivity index is 1.46. The van der Waals surface area contributed by atoms with E-state index in [1.165, 1.54) is 33.5 Å². The summed E-state index contributed by atoms with van der Waals surface area (Å²) in [7, 11) is 0. The zero-order valence-corrected chi connectivity index (χ0v) is 16.7. The van der Waals surface area contributed by atoms with Crippen LogP contribution in [-0.2, 0) is 6.54 Å². The summed E-state index contributed by atoms with van der Waals surface area (Å²) in [6.07, 6.45) is 0. The second kappa shape index (κ2) is 8.07. The highest BCUT2D eigenvalue weighted by Gasteiger charge is 2.18. The van der Waals surface area contributed by atoms with Gasteiger partial charge in [-0.05, 0) is 60.4 Å². The van der Waals surface area contributed by atoms with Gasteiger partial charge in [0.05, 0.1) is 0 Å². The van der Waals surface area contributed by atoms with Crippen molar-refractivity contribution in [3.63, 3.8) is 0 Å². The largest absolute Gasteiger partial charge is 0.508 e. The van der Waals surface area contributed by atoms with E-state index < -0.39 is 0 Å². The molecule has 1 aliphatic rings. The van der Waals surface area contributed by atoms with E-state index in [4.69, 9.17) is 0 Å². The van der Waals surface area contributed by atoms with Crippen LogP contribution in [-0.4, -0.2) is 36.2 Å². The quantitative estimate of drug-likeness (QED) is 0.698. The lowest BCUT2D eigenvalue weighted by molar-refractivity contribution is 0.250. The van der Waals surface area contributed by atoms with Gasteiger partial charge in [0.15, 0.2) is 0 Å². The molecule has 3 aromatic rings. The van der Waals surface area contributed by atoms with Gasteiger partial charge in [0.1, 0.15) is 5.75 Å². The van der Waals surface area contributed by atoms with Gasteiger partial charge in [0.2, 0.25) is 0 Å². The van der Waals surface area contributed by atoms with Crippen LogP contribution in [0.2, 0.25) is 0 Å². The van der Waals surface area contributed by atoms with Crippen molar-refractivity contribution >= 4 is 5.69 Å². The topological polar surface area (TPSA) is 26.7 Å². The highest BCUT2D eigenvalue weighted by molar-refractivity contribution is 5.71. The van der Waals surface area contributed by atoms with Crippen LogP contribution in [0.3, 0.4) is 0 Å². The average Bonchev–Trinajstić information content (AvgIpc) is 2.70. The van der Waals surface area contributed by atoms with Gasteiger partial charge in [-0.15, -0.1) is 0 Å². The predicted octanol–water partition coefficient (Wildman–Crippen LogP) is 5.00. The summed E-state index contributed by atoms with van der Waals surface area (Å²) in [5, 5.41) is 9.49. The molecule has 3 heteroatoms. The first kappa shape index (κ1) is 18.6. The van der Waals surface area contributed by atoms with E-state index in [0.717, 1.165) is 32.7 Å². The number of benzene rings is 3.